The lowest BCUT2D eigenvalue weighted by atomic mass is 10.1. The molecule has 1 aromatic rings. The van der Waals surface area contributed by atoms with Gasteiger partial charge in [0.1, 0.15) is 0 Å². The number of hydrogen-bond donors (Lipinski definition) is 2. The van der Waals surface area contributed by atoms with Crippen LogP contribution in [0.15, 0.2) is 30.3 Å². The second-order valence-electron chi connectivity index (χ2n) is 3.95. The van der Waals surface area contributed by atoms with E-state index in [1.165, 1.54) is 0 Å². The van der Waals surface area contributed by atoms with E-state index in [0.29, 0.717) is 6.54 Å². The molecule has 0 unspecified atom stereocenters. The fourth-order valence-electron chi connectivity index (χ4n) is 1.47. The highest BCUT2D eigenvalue weighted by molar-refractivity contribution is 5.81. The highest BCUT2D eigenvalue weighted by atomic mass is 16.2. The highest BCUT2D eigenvalue weighted by Crippen LogP contribution is 2.00. The van der Waals surface area contributed by atoms with Gasteiger partial charge in [-0.05, 0) is 12.0 Å². The molecule has 0 aliphatic carbocycles. The number of amides is 1. The van der Waals surface area contributed by atoms with Gasteiger partial charge in [-0.1, -0.05) is 50.1 Å². The van der Waals surface area contributed by atoms with Crippen LogP contribution in [0.5, 0.6) is 0 Å². The summed E-state index contributed by atoms with van der Waals surface area (Å²) in [6, 6.07) is 9.47. The molecule has 1 amide bonds. The molecule has 1 rings (SSSR count). The Balaban J connectivity index is 2.29. The van der Waals surface area contributed by atoms with E-state index in [0.717, 1.165) is 24.8 Å². The largest absolute Gasteiger partial charge is 0.351 e. The molecule has 0 radical (unpaired) electrons. The summed E-state index contributed by atoms with van der Waals surface area (Å²) in [6.07, 6.45) is 2.83. The highest BCUT2D eigenvalue weighted by Gasteiger charge is 2.11. The molecular weight excluding hydrogens is 200 g/mol. The SMILES string of the molecule is CCCC[C@@H](N)C(=O)NCc1ccccc1. The number of nitrogens with one attached hydrogen (secondary N) is 1. The average Bonchev–Trinajstić information content (AvgIpc) is 2.34. The average molecular weight is 220 g/mol. The Labute approximate surface area is 97.0 Å². The van der Waals surface area contributed by atoms with Crippen molar-refractivity contribution in [1.82, 2.24) is 5.32 Å². The number of rotatable bonds is 6. The molecule has 1 atom stereocenters. The lowest BCUT2D eigenvalue weighted by molar-refractivity contribution is -0.122. The van der Waals surface area contributed by atoms with Gasteiger partial charge >= 0.3 is 0 Å². The van der Waals surface area contributed by atoms with Crippen molar-refractivity contribution < 1.29 is 4.79 Å². The summed E-state index contributed by atoms with van der Waals surface area (Å²) in [5, 5.41) is 2.84. The topological polar surface area (TPSA) is 55.1 Å². The molecule has 3 N–H and O–H groups in total. The van der Waals surface area contributed by atoms with Gasteiger partial charge in [0.25, 0.3) is 0 Å². The van der Waals surface area contributed by atoms with Crippen LogP contribution in [0.4, 0.5) is 0 Å². The summed E-state index contributed by atoms with van der Waals surface area (Å²) in [7, 11) is 0. The van der Waals surface area contributed by atoms with Gasteiger partial charge in [0, 0.05) is 6.54 Å². The molecule has 0 aliphatic heterocycles. The van der Waals surface area contributed by atoms with Gasteiger partial charge in [-0.25, -0.2) is 0 Å². The standard InChI is InChI=1S/C13H20N2O/c1-2-3-9-12(14)13(16)15-10-11-7-5-4-6-8-11/h4-8,12H,2-3,9-10,14H2,1H3,(H,15,16)/t12-/m1/s1. The number of carbonyl (C=O) groups excluding carboxylic acids is 1. The third-order valence-corrected chi connectivity index (χ3v) is 2.52. The van der Waals surface area contributed by atoms with Crippen LogP contribution in [-0.4, -0.2) is 11.9 Å². The van der Waals surface area contributed by atoms with Crippen LogP contribution in [0.1, 0.15) is 31.7 Å². The Kier molecular flexibility index (Phi) is 5.57. The minimum atomic E-state index is -0.372. The molecule has 0 saturated carbocycles. The first-order chi connectivity index (χ1) is 7.74. The van der Waals surface area contributed by atoms with Gasteiger partial charge in [0.15, 0.2) is 0 Å². The zero-order valence-electron chi connectivity index (χ0n) is 9.78. The molecule has 16 heavy (non-hydrogen) atoms. The molecule has 3 nitrogen and oxygen atoms in total. The van der Waals surface area contributed by atoms with Crippen LogP contribution in [0.25, 0.3) is 0 Å². The maximum atomic E-state index is 11.6. The number of nitrogens with two attached hydrogens (primary N) is 1. The molecule has 1 aromatic carbocycles. The lowest BCUT2D eigenvalue weighted by Crippen LogP contribution is -2.40. The van der Waals surface area contributed by atoms with E-state index in [4.69, 9.17) is 5.73 Å². The number of unbranched alkanes of at least 4 members (excludes halogenated alkanes) is 1. The molecule has 0 saturated heterocycles. The summed E-state index contributed by atoms with van der Waals surface area (Å²) >= 11 is 0. The van der Waals surface area contributed by atoms with Crippen molar-refractivity contribution in [3.63, 3.8) is 0 Å². The Morgan fingerprint density at radius 3 is 2.69 bits per heavy atom. The maximum Gasteiger partial charge on any atom is 0.237 e. The third-order valence-electron chi connectivity index (χ3n) is 2.52. The van der Waals surface area contributed by atoms with Crippen molar-refractivity contribution in [2.24, 2.45) is 5.73 Å². The molecule has 0 aromatic heterocycles. The van der Waals surface area contributed by atoms with Gasteiger partial charge in [0.05, 0.1) is 6.04 Å². The third kappa shape index (κ3) is 4.45. The van der Waals surface area contributed by atoms with Gasteiger partial charge in [-0.2, -0.15) is 0 Å². The van der Waals surface area contributed by atoms with Crippen LogP contribution in [0.2, 0.25) is 0 Å². The fourth-order valence-corrected chi connectivity index (χ4v) is 1.47. The second-order valence-corrected chi connectivity index (χ2v) is 3.95. The minimum Gasteiger partial charge on any atom is -0.351 e. The first-order valence-corrected chi connectivity index (χ1v) is 5.81. The van der Waals surface area contributed by atoms with E-state index in [2.05, 4.69) is 12.2 Å². The van der Waals surface area contributed by atoms with Crippen LogP contribution in [0, 0.1) is 0 Å². The summed E-state index contributed by atoms with van der Waals surface area (Å²) in [6.45, 7) is 2.65. The molecule has 0 heterocycles. The van der Waals surface area contributed by atoms with Crippen molar-refractivity contribution in [3.8, 4) is 0 Å². The first kappa shape index (κ1) is 12.7. The Morgan fingerprint density at radius 2 is 2.06 bits per heavy atom. The molecule has 3 heteroatoms. The zero-order chi connectivity index (χ0) is 11.8. The van der Waals surface area contributed by atoms with E-state index < -0.39 is 0 Å². The van der Waals surface area contributed by atoms with Crippen molar-refractivity contribution in [2.45, 2.75) is 38.8 Å². The predicted molar refractivity (Wildman–Crippen MR) is 65.8 cm³/mol. The van der Waals surface area contributed by atoms with Gasteiger partial charge < -0.3 is 11.1 Å². The predicted octanol–water partition coefficient (Wildman–Crippen LogP) is 1.82. The molecule has 0 fully saturated rings. The van der Waals surface area contributed by atoms with Crippen LogP contribution in [0.3, 0.4) is 0 Å². The monoisotopic (exact) mass is 220 g/mol. The summed E-state index contributed by atoms with van der Waals surface area (Å²) in [4.78, 5) is 11.6. The van der Waals surface area contributed by atoms with Gasteiger partial charge in [0.2, 0.25) is 5.91 Å². The Morgan fingerprint density at radius 1 is 1.38 bits per heavy atom. The van der Waals surface area contributed by atoms with Crippen molar-refractivity contribution in [3.05, 3.63) is 35.9 Å². The fraction of sp³-hybridized carbons (Fsp3) is 0.462. The van der Waals surface area contributed by atoms with Crippen LogP contribution < -0.4 is 11.1 Å². The first-order valence-electron chi connectivity index (χ1n) is 5.81. The number of benzene rings is 1. The Bertz CT molecular complexity index is 311. The van der Waals surface area contributed by atoms with Gasteiger partial charge in [-0.3, -0.25) is 4.79 Å². The minimum absolute atomic E-state index is 0.0581. The van der Waals surface area contributed by atoms with Crippen molar-refractivity contribution in [1.29, 1.82) is 0 Å². The van der Waals surface area contributed by atoms with Gasteiger partial charge in [-0.15, -0.1) is 0 Å². The number of hydrogen-bond acceptors (Lipinski definition) is 2. The molecule has 0 bridgehead atoms. The van der Waals surface area contributed by atoms with Crippen molar-refractivity contribution >= 4 is 5.91 Å². The second kappa shape index (κ2) is 7.01. The maximum absolute atomic E-state index is 11.6. The Hall–Kier alpha value is -1.35. The molecule has 88 valence electrons. The normalized spacial score (nSPS) is 12.1. The van der Waals surface area contributed by atoms with Crippen molar-refractivity contribution in [2.75, 3.05) is 0 Å². The molecule has 0 aliphatic rings. The zero-order valence-corrected chi connectivity index (χ0v) is 9.78. The summed E-state index contributed by atoms with van der Waals surface area (Å²) in [5.74, 6) is -0.0581. The lowest BCUT2D eigenvalue weighted by Gasteiger charge is -2.11. The number of carbonyl (C=O) groups is 1. The van der Waals surface area contributed by atoms with E-state index in [-0.39, 0.29) is 11.9 Å². The van der Waals surface area contributed by atoms with E-state index in [1.807, 2.05) is 30.3 Å². The van der Waals surface area contributed by atoms with E-state index >= 15 is 0 Å². The quantitative estimate of drug-likeness (QED) is 0.768. The smallest absolute Gasteiger partial charge is 0.237 e. The summed E-state index contributed by atoms with van der Waals surface area (Å²) in [5.41, 5.74) is 6.85. The van der Waals surface area contributed by atoms with Crippen LogP contribution >= 0.6 is 0 Å². The van der Waals surface area contributed by atoms with E-state index in [9.17, 15) is 4.79 Å². The molecular formula is C13H20N2O. The van der Waals surface area contributed by atoms with E-state index in [1.54, 1.807) is 0 Å². The molecule has 0 spiro atoms. The summed E-state index contributed by atoms with van der Waals surface area (Å²) < 4.78 is 0. The van der Waals surface area contributed by atoms with Crippen LogP contribution in [-0.2, 0) is 11.3 Å².